The highest BCUT2D eigenvalue weighted by Crippen LogP contribution is 2.41. The molecule has 1 saturated carbocycles. The van der Waals surface area contributed by atoms with Crippen LogP contribution in [0.3, 0.4) is 0 Å². The summed E-state index contributed by atoms with van der Waals surface area (Å²) in [6.07, 6.45) is 6.57. The van der Waals surface area contributed by atoms with Gasteiger partial charge in [0.15, 0.2) is 0 Å². The molecule has 2 aliphatic rings. The third kappa shape index (κ3) is 2.78. The molecule has 1 aliphatic carbocycles. The maximum Gasteiger partial charge on any atom is 0.0807 e. The van der Waals surface area contributed by atoms with Gasteiger partial charge in [-0.15, -0.1) is 0 Å². The Labute approximate surface area is 100 Å². The number of ether oxygens (including phenoxy) is 1. The summed E-state index contributed by atoms with van der Waals surface area (Å²) < 4.78 is 6.08. The predicted octanol–water partition coefficient (Wildman–Crippen LogP) is 2.97. The third-order valence-corrected chi connectivity index (χ3v) is 4.49. The van der Waals surface area contributed by atoms with E-state index in [0.717, 1.165) is 25.6 Å². The van der Waals surface area contributed by atoms with Crippen molar-refractivity contribution in [3.05, 3.63) is 0 Å². The maximum absolute atomic E-state index is 6.08. The zero-order valence-corrected chi connectivity index (χ0v) is 11.1. The molecule has 1 heterocycles. The molecule has 2 rings (SSSR count). The summed E-state index contributed by atoms with van der Waals surface area (Å²) in [5.41, 5.74) is 0.645. The summed E-state index contributed by atoms with van der Waals surface area (Å²) in [7, 11) is 0. The van der Waals surface area contributed by atoms with Crippen molar-refractivity contribution >= 4 is 0 Å². The minimum absolute atomic E-state index is 0.179. The highest BCUT2D eigenvalue weighted by Gasteiger charge is 2.37. The van der Waals surface area contributed by atoms with Gasteiger partial charge in [0, 0.05) is 13.1 Å². The average Bonchev–Trinajstić information content (AvgIpc) is 2.42. The molecule has 2 heteroatoms. The van der Waals surface area contributed by atoms with Crippen molar-refractivity contribution < 1.29 is 4.74 Å². The second kappa shape index (κ2) is 4.66. The molecule has 0 amide bonds. The predicted molar refractivity (Wildman–Crippen MR) is 67.6 cm³/mol. The summed E-state index contributed by atoms with van der Waals surface area (Å²) >= 11 is 0. The van der Waals surface area contributed by atoms with Crippen LogP contribution in [0.4, 0.5) is 0 Å². The van der Waals surface area contributed by atoms with E-state index in [1.54, 1.807) is 0 Å². The molecule has 0 aromatic rings. The Morgan fingerprint density at radius 2 is 2.00 bits per heavy atom. The van der Waals surface area contributed by atoms with Crippen molar-refractivity contribution in [3.63, 3.8) is 0 Å². The second-order valence-corrected chi connectivity index (χ2v) is 6.70. The van der Waals surface area contributed by atoms with Gasteiger partial charge in [-0.3, -0.25) is 0 Å². The zero-order chi connectivity index (χ0) is 11.6. The van der Waals surface area contributed by atoms with Crippen LogP contribution in [-0.2, 0) is 4.74 Å². The molecule has 0 aromatic heterocycles. The van der Waals surface area contributed by atoms with Gasteiger partial charge in [0.1, 0.15) is 0 Å². The molecule has 2 nitrogen and oxygen atoms in total. The quantitative estimate of drug-likeness (QED) is 0.684. The number of hydrogen-bond acceptors (Lipinski definition) is 2. The first kappa shape index (κ1) is 12.4. The van der Waals surface area contributed by atoms with Gasteiger partial charge in [0.25, 0.3) is 0 Å². The molecule has 1 spiro atoms. The molecule has 1 saturated heterocycles. The number of hydrogen-bond donors (Lipinski definition) is 1. The van der Waals surface area contributed by atoms with E-state index in [1.165, 1.54) is 32.1 Å². The van der Waals surface area contributed by atoms with Crippen LogP contribution in [0.25, 0.3) is 0 Å². The molecule has 1 aliphatic heterocycles. The fourth-order valence-corrected chi connectivity index (χ4v) is 3.27. The van der Waals surface area contributed by atoms with E-state index in [9.17, 15) is 0 Å². The Kier molecular flexibility index (Phi) is 3.60. The Bertz CT molecular complexity index is 225. The minimum atomic E-state index is 0.179. The lowest BCUT2D eigenvalue weighted by Gasteiger charge is -2.37. The summed E-state index contributed by atoms with van der Waals surface area (Å²) in [5, 5.41) is 3.50. The van der Waals surface area contributed by atoms with Crippen molar-refractivity contribution in [2.75, 3.05) is 19.7 Å². The van der Waals surface area contributed by atoms with Crippen molar-refractivity contribution in [2.24, 2.45) is 11.3 Å². The SMILES string of the molecule is CC(C)(C)C1CCCC2(CC1)CNCCO2. The molecule has 1 N–H and O–H groups in total. The van der Waals surface area contributed by atoms with Gasteiger partial charge in [-0.05, 0) is 37.0 Å². The molecule has 2 unspecified atom stereocenters. The van der Waals surface area contributed by atoms with Gasteiger partial charge in [-0.1, -0.05) is 27.2 Å². The molecule has 0 radical (unpaired) electrons. The summed E-state index contributed by atoms with van der Waals surface area (Å²) in [4.78, 5) is 0. The van der Waals surface area contributed by atoms with E-state index in [-0.39, 0.29) is 5.60 Å². The summed E-state index contributed by atoms with van der Waals surface area (Å²) in [5.74, 6) is 0.873. The Morgan fingerprint density at radius 1 is 1.19 bits per heavy atom. The van der Waals surface area contributed by atoms with Crippen LogP contribution in [0, 0.1) is 11.3 Å². The smallest absolute Gasteiger partial charge is 0.0807 e. The van der Waals surface area contributed by atoms with Gasteiger partial charge in [0.05, 0.1) is 12.2 Å². The Morgan fingerprint density at radius 3 is 2.62 bits per heavy atom. The first-order chi connectivity index (χ1) is 7.52. The van der Waals surface area contributed by atoms with Crippen LogP contribution in [0.15, 0.2) is 0 Å². The average molecular weight is 225 g/mol. The molecular weight excluding hydrogens is 198 g/mol. The first-order valence-corrected chi connectivity index (χ1v) is 6.87. The highest BCUT2D eigenvalue weighted by molar-refractivity contribution is 4.91. The molecule has 2 fully saturated rings. The minimum Gasteiger partial charge on any atom is -0.372 e. The van der Waals surface area contributed by atoms with Gasteiger partial charge >= 0.3 is 0 Å². The van der Waals surface area contributed by atoms with Crippen LogP contribution in [0.5, 0.6) is 0 Å². The van der Waals surface area contributed by atoms with Crippen LogP contribution in [-0.4, -0.2) is 25.3 Å². The zero-order valence-electron chi connectivity index (χ0n) is 11.1. The molecule has 0 bridgehead atoms. The van der Waals surface area contributed by atoms with Crippen LogP contribution in [0.2, 0.25) is 0 Å². The summed E-state index contributed by atoms with van der Waals surface area (Å²) in [6.45, 7) is 10.2. The van der Waals surface area contributed by atoms with Crippen LogP contribution in [0.1, 0.15) is 52.9 Å². The van der Waals surface area contributed by atoms with E-state index in [0.29, 0.717) is 5.41 Å². The van der Waals surface area contributed by atoms with Gasteiger partial charge in [-0.2, -0.15) is 0 Å². The van der Waals surface area contributed by atoms with E-state index in [4.69, 9.17) is 4.74 Å². The fourth-order valence-electron chi connectivity index (χ4n) is 3.27. The van der Waals surface area contributed by atoms with Crippen molar-refractivity contribution in [1.82, 2.24) is 5.32 Å². The lowest BCUT2D eigenvalue weighted by atomic mass is 9.76. The molecule has 94 valence electrons. The van der Waals surface area contributed by atoms with E-state index >= 15 is 0 Å². The first-order valence-electron chi connectivity index (χ1n) is 6.87. The van der Waals surface area contributed by atoms with Gasteiger partial charge in [-0.25, -0.2) is 0 Å². The van der Waals surface area contributed by atoms with Crippen molar-refractivity contribution in [1.29, 1.82) is 0 Å². The number of morpholine rings is 1. The Balaban J connectivity index is 1.97. The topological polar surface area (TPSA) is 21.3 Å². The normalized spacial score (nSPS) is 37.3. The fraction of sp³-hybridized carbons (Fsp3) is 1.00. The van der Waals surface area contributed by atoms with E-state index < -0.39 is 0 Å². The maximum atomic E-state index is 6.08. The lowest BCUT2D eigenvalue weighted by Crippen LogP contribution is -2.49. The molecule has 0 aromatic carbocycles. The second-order valence-electron chi connectivity index (χ2n) is 6.70. The van der Waals surface area contributed by atoms with Crippen molar-refractivity contribution in [3.8, 4) is 0 Å². The number of rotatable bonds is 0. The molecular formula is C14H27NO. The monoisotopic (exact) mass is 225 g/mol. The largest absolute Gasteiger partial charge is 0.372 e. The van der Waals surface area contributed by atoms with Crippen LogP contribution < -0.4 is 5.32 Å². The number of nitrogens with one attached hydrogen (secondary N) is 1. The summed E-state index contributed by atoms with van der Waals surface area (Å²) in [6, 6.07) is 0. The van der Waals surface area contributed by atoms with Gasteiger partial charge < -0.3 is 10.1 Å². The van der Waals surface area contributed by atoms with E-state index in [2.05, 4.69) is 26.1 Å². The lowest BCUT2D eigenvalue weighted by molar-refractivity contribution is -0.0761. The van der Waals surface area contributed by atoms with Crippen molar-refractivity contribution in [2.45, 2.75) is 58.5 Å². The van der Waals surface area contributed by atoms with Gasteiger partial charge in [0.2, 0.25) is 0 Å². The van der Waals surface area contributed by atoms with E-state index in [1.807, 2.05) is 0 Å². The molecule has 2 atom stereocenters. The highest BCUT2D eigenvalue weighted by atomic mass is 16.5. The Hall–Kier alpha value is -0.0800. The van der Waals surface area contributed by atoms with Crippen LogP contribution >= 0.6 is 0 Å². The third-order valence-electron chi connectivity index (χ3n) is 4.49. The standard InChI is InChI=1S/C14H27NO/c1-13(2,3)12-5-4-7-14(8-6-12)11-15-9-10-16-14/h12,15H,4-11H2,1-3H3. The molecule has 16 heavy (non-hydrogen) atoms.